The molecule has 126 valence electrons. The van der Waals surface area contributed by atoms with E-state index in [9.17, 15) is 10.1 Å². The molecule has 5 heteroatoms. The molecule has 0 fully saturated rings. The third-order valence-corrected chi connectivity index (χ3v) is 5.08. The van der Waals surface area contributed by atoms with E-state index in [2.05, 4.69) is 58.8 Å². The Morgan fingerprint density at radius 3 is 2.56 bits per heavy atom. The second-order valence-electron chi connectivity index (χ2n) is 7.12. The molecular formula is C20H18BrN3O. The van der Waals surface area contributed by atoms with Gasteiger partial charge in [-0.05, 0) is 45.5 Å². The predicted octanol–water partition coefficient (Wildman–Crippen LogP) is 4.83. The van der Waals surface area contributed by atoms with E-state index < -0.39 is 0 Å². The van der Waals surface area contributed by atoms with Crippen molar-refractivity contribution in [3.8, 4) is 17.3 Å². The molecule has 2 heterocycles. The number of benzene rings is 1. The Hall–Kier alpha value is -2.45. The number of rotatable bonds is 1. The molecule has 4 nitrogen and oxygen atoms in total. The topological polar surface area (TPSA) is 69.5 Å². The summed E-state index contributed by atoms with van der Waals surface area (Å²) < 4.78 is 0.413. The number of nitrogens with zero attached hydrogens (tertiary/aromatic N) is 2. The van der Waals surface area contributed by atoms with Gasteiger partial charge in [-0.25, -0.2) is 4.98 Å². The number of pyridine rings is 2. The summed E-state index contributed by atoms with van der Waals surface area (Å²) in [5, 5.41) is 9.52. The first kappa shape index (κ1) is 17.4. The number of fused-ring (bicyclic) bond motifs is 1. The molecule has 0 spiro atoms. The van der Waals surface area contributed by atoms with Crippen LogP contribution in [0.25, 0.3) is 22.2 Å². The molecule has 3 rings (SSSR count). The van der Waals surface area contributed by atoms with Gasteiger partial charge < -0.3 is 4.98 Å². The van der Waals surface area contributed by atoms with Gasteiger partial charge in [0, 0.05) is 11.8 Å². The molecule has 0 unspecified atom stereocenters. The molecule has 0 saturated carbocycles. The summed E-state index contributed by atoms with van der Waals surface area (Å²) >= 11 is 3.41. The number of nitrogens with one attached hydrogen (secondary N) is 1. The maximum Gasteiger partial charge on any atom is 0.207 e. The monoisotopic (exact) mass is 395 g/mol. The Bertz CT molecular complexity index is 1090. The molecule has 0 aliphatic carbocycles. The molecule has 0 saturated heterocycles. The third kappa shape index (κ3) is 2.98. The first-order chi connectivity index (χ1) is 11.7. The molecule has 0 aliphatic heterocycles. The van der Waals surface area contributed by atoms with Crippen LogP contribution in [-0.4, -0.2) is 9.97 Å². The molecule has 2 aromatic heterocycles. The molecule has 3 aromatic rings. The predicted molar refractivity (Wildman–Crippen MR) is 104 cm³/mol. The highest BCUT2D eigenvalue weighted by molar-refractivity contribution is 9.10. The minimum absolute atomic E-state index is 0.0602. The van der Waals surface area contributed by atoms with Crippen molar-refractivity contribution < 1.29 is 0 Å². The fourth-order valence-corrected chi connectivity index (χ4v) is 3.40. The average molecular weight is 396 g/mol. The lowest BCUT2D eigenvalue weighted by atomic mass is 9.85. The number of halogens is 1. The van der Waals surface area contributed by atoms with E-state index in [0.29, 0.717) is 21.1 Å². The van der Waals surface area contributed by atoms with Gasteiger partial charge in [0.1, 0.15) is 6.07 Å². The van der Waals surface area contributed by atoms with Crippen molar-refractivity contribution in [2.45, 2.75) is 33.1 Å². The van der Waals surface area contributed by atoms with Gasteiger partial charge in [0.2, 0.25) is 5.43 Å². The van der Waals surface area contributed by atoms with Crippen molar-refractivity contribution >= 4 is 26.8 Å². The minimum Gasteiger partial charge on any atom is -0.353 e. The number of aryl methyl sites for hydroxylation is 1. The molecular weight excluding hydrogens is 378 g/mol. The Morgan fingerprint density at radius 2 is 1.96 bits per heavy atom. The Balaban J connectivity index is 2.30. The number of H-pyrrole nitrogens is 1. The quantitative estimate of drug-likeness (QED) is 0.641. The highest BCUT2D eigenvalue weighted by Crippen LogP contribution is 2.32. The highest BCUT2D eigenvalue weighted by atomic mass is 79.9. The smallest absolute Gasteiger partial charge is 0.207 e. The maximum atomic E-state index is 12.8. The van der Waals surface area contributed by atoms with E-state index in [1.54, 1.807) is 6.07 Å². The van der Waals surface area contributed by atoms with Crippen LogP contribution < -0.4 is 5.43 Å². The zero-order valence-electron chi connectivity index (χ0n) is 14.6. The van der Waals surface area contributed by atoms with E-state index >= 15 is 0 Å². The van der Waals surface area contributed by atoms with Crippen molar-refractivity contribution in [1.82, 2.24) is 9.97 Å². The summed E-state index contributed by atoms with van der Waals surface area (Å²) in [5.74, 6) is 0. The molecule has 0 radical (unpaired) electrons. The number of nitriles is 1. The van der Waals surface area contributed by atoms with Crippen LogP contribution in [0.5, 0.6) is 0 Å². The van der Waals surface area contributed by atoms with Gasteiger partial charge in [-0.2, -0.15) is 5.26 Å². The normalized spacial score (nSPS) is 11.5. The van der Waals surface area contributed by atoms with Crippen molar-refractivity contribution in [2.75, 3.05) is 0 Å². The van der Waals surface area contributed by atoms with Crippen molar-refractivity contribution in [1.29, 1.82) is 5.26 Å². The van der Waals surface area contributed by atoms with Crippen LogP contribution >= 0.6 is 15.9 Å². The lowest BCUT2D eigenvalue weighted by Gasteiger charge is -2.21. The summed E-state index contributed by atoms with van der Waals surface area (Å²) in [6.07, 6.45) is 1.53. The molecule has 1 N–H and O–H groups in total. The van der Waals surface area contributed by atoms with Crippen LogP contribution in [0.3, 0.4) is 0 Å². The minimum atomic E-state index is -0.229. The summed E-state index contributed by atoms with van der Waals surface area (Å²) in [6, 6.07) is 9.97. The maximum absolute atomic E-state index is 12.8. The van der Waals surface area contributed by atoms with Gasteiger partial charge >= 0.3 is 0 Å². The largest absolute Gasteiger partial charge is 0.353 e. The summed E-state index contributed by atoms with van der Waals surface area (Å²) in [7, 11) is 0. The number of aromatic nitrogens is 2. The van der Waals surface area contributed by atoms with Gasteiger partial charge in [0.15, 0.2) is 5.69 Å². The standard InChI is InChI=1S/C20H18BrN3O/c1-11-9-12(20(2,3)4)5-6-13(11)18-17(21)19(25)16-14(24-18)7-8-23-15(16)10-22/h5-9H,1-4H3,(H,24,25). The second kappa shape index (κ2) is 6.12. The van der Waals surface area contributed by atoms with Gasteiger partial charge in [0.05, 0.1) is 21.1 Å². The molecule has 0 atom stereocenters. The van der Waals surface area contributed by atoms with E-state index in [-0.39, 0.29) is 16.5 Å². The van der Waals surface area contributed by atoms with Crippen LogP contribution in [0.2, 0.25) is 0 Å². The molecule has 0 aliphatic rings. The lowest BCUT2D eigenvalue weighted by molar-refractivity contribution is 0.590. The van der Waals surface area contributed by atoms with Crippen LogP contribution in [0.15, 0.2) is 39.7 Å². The number of hydrogen-bond donors (Lipinski definition) is 1. The summed E-state index contributed by atoms with van der Waals surface area (Å²) in [4.78, 5) is 20.1. The summed E-state index contributed by atoms with van der Waals surface area (Å²) in [5.41, 5.74) is 4.55. The van der Waals surface area contributed by atoms with E-state index in [4.69, 9.17) is 0 Å². The van der Waals surface area contributed by atoms with E-state index in [1.165, 1.54) is 11.8 Å². The lowest BCUT2D eigenvalue weighted by Crippen LogP contribution is -2.12. The molecule has 0 amide bonds. The van der Waals surface area contributed by atoms with E-state index in [1.807, 2.05) is 19.1 Å². The van der Waals surface area contributed by atoms with Gasteiger partial charge in [-0.15, -0.1) is 0 Å². The first-order valence-electron chi connectivity index (χ1n) is 7.96. The van der Waals surface area contributed by atoms with Gasteiger partial charge in [0.25, 0.3) is 0 Å². The van der Waals surface area contributed by atoms with Crippen molar-refractivity contribution in [3.05, 3.63) is 62.0 Å². The van der Waals surface area contributed by atoms with E-state index in [0.717, 1.165) is 11.1 Å². The van der Waals surface area contributed by atoms with Crippen molar-refractivity contribution in [3.63, 3.8) is 0 Å². The molecule has 25 heavy (non-hydrogen) atoms. The Labute approximate surface area is 154 Å². The van der Waals surface area contributed by atoms with Gasteiger partial charge in [-0.1, -0.05) is 39.0 Å². The number of hydrogen-bond acceptors (Lipinski definition) is 3. The molecule has 1 aromatic carbocycles. The highest BCUT2D eigenvalue weighted by Gasteiger charge is 2.18. The van der Waals surface area contributed by atoms with Crippen LogP contribution in [-0.2, 0) is 5.41 Å². The van der Waals surface area contributed by atoms with Crippen molar-refractivity contribution in [2.24, 2.45) is 0 Å². The molecule has 0 bridgehead atoms. The fourth-order valence-electron chi connectivity index (χ4n) is 2.89. The average Bonchev–Trinajstić information content (AvgIpc) is 2.56. The first-order valence-corrected chi connectivity index (χ1v) is 8.75. The van der Waals surface area contributed by atoms with Gasteiger partial charge in [-0.3, -0.25) is 4.79 Å². The van der Waals surface area contributed by atoms with Crippen LogP contribution in [0, 0.1) is 18.3 Å². The SMILES string of the molecule is Cc1cc(C(C)(C)C)ccc1-c1[nH]c2ccnc(C#N)c2c(=O)c1Br. The zero-order chi connectivity index (χ0) is 18.4. The van der Waals surface area contributed by atoms with Crippen LogP contribution in [0.4, 0.5) is 0 Å². The third-order valence-electron chi connectivity index (χ3n) is 4.32. The van der Waals surface area contributed by atoms with Crippen LogP contribution in [0.1, 0.15) is 37.6 Å². The second-order valence-corrected chi connectivity index (χ2v) is 7.91. The number of aromatic amines is 1. The fraction of sp³-hybridized carbons (Fsp3) is 0.250. The Morgan fingerprint density at radius 1 is 1.24 bits per heavy atom. The summed E-state index contributed by atoms with van der Waals surface area (Å²) in [6.45, 7) is 8.55. The Kier molecular flexibility index (Phi) is 4.26. The zero-order valence-corrected chi connectivity index (χ0v) is 16.2.